The van der Waals surface area contributed by atoms with Gasteiger partial charge in [-0.1, -0.05) is 18.2 Å². The van der Waals surface area contributed by atoms with E-state index in [4.69, 9.17) is 9.47 Å². The van der Waals surface area contributed by atoms with Gasteiger partial charge in [-0.3, -0.25) is 4.79 Å². The number of para-hydroxylation sites is 1. The summed E-state index contributed by atoms with van der Waals surface area (Å²) in [4.78, 5) is 14.6. The van der Waals surface area contributed by atoms with Gasteiger partial charge < -0.3 is 14.4 Å². The van der Waals surface area contributed by atoms with Crippen molar-refractivity contribution in [3.8, 4) is 11.5 Å². The smallest absolute Gasteiger partial charge is 0.253 e. The summed E-state index contributed by atoms with van der Waals surface area (Å²) in [5.74, 6) is 2.25. The fraction of sp³-hybridized carbons (Fsp3) is 0.350. The molecule has 24 heavy (non-hydrogen) atoms. The van der Waals surface area contributed by atoms with Crippen molar-refractivity contribution < 1.29 is 14.3 Å². The first-order valence-corrected chi connectivity index (χ1v) is 8.29. The minimum atomic E-state index is 0.0936. The van der Waals surface area contributed by atoms with Crippen molar-refractivity contribution in [2.75, 3.05) is 27.3 Å². The SMILES string of the molecule is COc1ccc(C(=O)N2CCC(c3ccccc3OC)CC2)cc1. The quantitative estimate of drug-likeness (QED) is 0.860. The fourth-order valence-electron chi connectivity index (χ4n) is 3.31. The monoisotopic (exact) mass is 325 g/mol. The van der Waals surface area contributed by atoms with Crippen molar-refractivity contribution in [1.29, 1.82) is 0 Å². The Labute approximate surface area is 143 Å². The summed E-state index contributed by atoms with van der Waals surface area (Å²) >= 11 is 0. The molecule has 4 nitrogen and oxygen atoms in total. The van der Waals surface area contributed by atoms with E-state index in [1.54, 1.807) is 14.2 Å². The van der Waals surface area contributed by atoms with Crippen LogP contribution in [-0.4, -0.2) is 38.1 Å². The van der Waals surface area contributed by atoms with E-state index in [0.29, 0.717) is 11.5 Å². The van der Waals surface area contributed by atoms with Gasteiger partial charge in [0.1, 0.15) is 11.5 Å². The molecule has 2 aromatic rings. The molecule has 0 atom stereocenters. The molecule has 1 heterocycles. The van der Waals surface area contributed by atoms with Crippen LogP contribution in [0, 0.1) is 0 Å². The summed E-state index contributed by atoms with van der Waals surface area (Å²) in [7, 11) is 3.33. The second-order valence-electron chi connectivity index (χ2n) is 6.04. The van der Waals surface area contributed by atoms with E-state index >= 15 is 0 Å². The molecule has 1 aliphatic rings. The van der Waals surface area contributed by atoms with Gasteiger partial charge in [-0.2, -0.15) is 0 Å². The minimum absolute atomic E-state index is 0.0936. The summed E-state index contributed by atoms with van der Waals surface area (Å²) in [5, 5.41) is 0. The van der Waals surface area contributed by atoms with E-state index in [-0.39, 0.29) is 5.91 Å². The maximum Gasteiger partial charge on any atom is 0.253 e. The van der Waals surface area contributed by atoms with Crippen LogP contribution in [0.25, 0.3) is 0 Å². The fourth-order valence-corrected chi connectivity index (χ4v) is 3.31. The Kier molecular flexibility index (Phi) is 5.04. The van der Waals surface area contributed by atoms with Gasteiger partial charge in [0.15, 0.2) is 0 Å². The van der Waals surface area contributed by atoms with Gasteiger partial charge in [-0.15, -0.1) is 0 Å². The summed E-state index contributed by atoms with van der Waals surface area (Å²) in [6, 6.07) is 15.5. The average Bonchev–Trinajstić information content (AvgIpc) is 2.67. The van der Waals surface area contributed by atoms with Crippen LogP contribution < -0.4 is 9.47 Å². The van der Waals surface area contributed by atoms with Crippen LogP contribution in [0.3, 0.4) is 0 Å². The third-order valence-corrected chi connectivity index (χ3v) is 4.70. The zero-order valence-electron chi connectivity index (χ0n) is 14.2. The van der Waals surface area contributed by atoms with E-state index in [1.807, 2.05) is 47.4 Å². The van der Waals surface area contributed by atoms with Crippen molar-refractivity contribution in [2.45, 2.75) is 18.8 Å². The molecule has 1 aliphatic heterocycles. The van der Waals surface area contributed by atoms with Crippen LogP contribution in [0.2, 0.25) is 0 Å². The lowest BCUT2D eigenvalue weighted by Gasteiger charge is -2.32. The van der Waals surface area contributed by atoms with Gasteiger partial charge >= 0.3 is 0 Å². The highest BCUT2D eigenvalue weighted by molar-refractivity contribution is 5.94. The summed E-state index contributed by atoms with van der Waals surface area (Å²) in [5.41, 5.74) is 1.96. The van der Waals surface area contributed by atoms with Gasteiger partial charge in [-0.25, -0.2) is 0 Å². The Morgan fingerprint density at radius 2 is 1.62 bits per heavy atom. The third-order valence-electron chi connectivity index (χ3n) is 4.70. The summed E-state index contributed by atoms with van der Waals surface area (Å²) in [6.45, 7) is 1.54. The van der Waals surface area contributed by atoms with Crippen molar-refractivity contribution in [3.05, 3.63) is 59.7 Å². The van der Waals surface area contributed by atoms with Gasteiger partial charge in [-0.05, 0) is 54.7 Å². The van der Waals surface area contributed by atoms with E-state index in [2.05, 4.69) is 6.07 Å². The highest BCUT2D eigenvalue weighted by Crippen LogP contribution is 2.34. The minimum Gasteiger partial charge on any atom is -0.497 e. The molecular formula is C20H23NO3. The molecule has 0 saturated carbocycles. The number of rotatable bonds is 4. The lowest BCUT2D eigenvalue weighted by Crippen LogP contribution is -2.37. The molecule has 4 heteroatoms. The molecule has 0 unspecified atom stereocenters. The standard InChI is InChI=1S/C20H23NO3/c1-23-17-9-7-16(8-10-17)20(22)21-13-11-15(12-14-21)18-5-3-4-6-19(18)24-2/h3-10,15H,11-14H2,1-2H3. The second kappa shape index (κ2) is 7.39. The maximum atomic E-state index is 12.6. The first kappa shape index (κ1) is 16.4. The molecule has 0 aliphatic carbocycles. The van der Waals surface area contributed by atoms with Crippen LogP contribution in [-0.2, 0) is 0 Å². The molecule has 126 valence electrons. The lowest BCUT2D eigenvalue weighted by atomic mass is 9.88. The molecule has 0 bridgehead atoms. The molecule has 1 fully saturated rings. The van der Waals surface area contributed by atoms with Crippen LogP contribution in [0.4, 0.5) is 0 Å². The second-order valence-corrected chi connectivity index (χ2v) is 6.04. The van der Waals surface area contributed by atoms with Gasteiger partial charge in [0.05, 0.1) is 14.2 Å². The number of hydrogen-bond donors (Lipinski definition) is 0. The summed E-state index contributed by atoms with van der Waals surface area (Å²) in [6.07, 6.45) is 1.92. The zero-order valence-corrected chi connectivity index (χ0v) is 14.2. The van der Waals surface area contributed by atoms with Gasteiger partial charge in [0, 0.05) is 18.7 Å². The predicted octanol–water partition coefficient (Wildman–Crippen LogP) is 3.72. The Morgan fingerprint density at radius 1 is 0.958 bits per heavy atom. The number of carbonyl (C=O) groups excluding carboxylic acids is 1. The normalized spacial score (nSPS) is 15.2. The number of piperidine rings is 1. The van der Waals surface area contributed by atoms with Gasteiger partial charge in [0.2, 0.25) is 0 Å². The number of nitrogens with zero attached hydrogens (tertiary/aromatic N) is 1. The Hall–Kier alpha value is -2.49. The molecule has 0 radical (unpaired) electrons. The number of hydrogen-bond acceptors (Lipinski definition) is 3. The molecule has 0 spiro atoms. The van der Waals surface area contributed by atoms with E-state index in [0.717, 1.165) is 37.4 Å². The zero-order chi connectivity index (χ0) is 16.9. The number of carbonyl (C=O) groups is 1. The highest BCUT2D eigenvalue weighted by Gasteiger charge is 2.26. The summed E-state index contributed by atoms with van der Waals surface area (Å²) < 4.78 is 10.6. The van der Waals surface area contributed by atoms with Crippen LogP contribution in [0.15, 0.2) is 48.5 Å². The molecule has 1 amide bonds. The van der Waals surface area contributed by atoms with E-state index in [1.165, 1.54) is 5.56 Å². The van der Waals surface area contributed by atoms with E-state index in [9.17, 15) is 4.79 Å². The van der Waals surface area contributed by atoms with Crippen LogP contribution in [0.1, 0.15) is 34.7 Å². The van der Waals surface area contributed by atoms with Crippen molar-refractivity contribution in [2.24, 2.45) is 0 Å². The Bertz CT molecular complexity index is 688. The lowest BCUT2D eigenvalue weighted by molar-refractivity contribution is 0.0712. The average molecular weight is 325 g/mol. The molecule has 1 saturated heterocycles. The van der Waals surface area contributed by atoms with Gasteiger partial charge in [0.25, 0.3) is 5.91 Å². The van der Waals surface area contributed by atoms with Crippen LogP contribution in [0.5, 0.6) is 11.5 Å². The van der Waals surface area contributed by atoms with E-state index < -0.39 is 0 Å². The molecule has 0 aromatic heterocycles. The maximum absolute atomic E-state index is 12.6. The number of ether oxygens (including phenoxy) is 2. The predicted molar refractivity (Wildman–Crippen MR) is 93.9 cm³/mol. The van der Waals surface area contributed by atoms with Crippen molar-refractivity contribution in [1.82, 2.24) is 4.90 Å². The van der Waals surface area contributed by atoms with Crippen molar-refractivity contribution >= 4 is 5.91 Å². The number of methoxy groups -OCH3 is 2. The Balaban J connectivity index is 1.65. The molecule has 2 aromatic carbocycles. The first-order valence-electron chi connectivity index (χ1n) is 8.29. The number of benzene rings is 2. The third kappa shape index (κ3) is 3.37. The number of likely N-dealkylation sites (tertiary alicyclic amines) is 1. The van der Waals surface area contributed by atoms with Crippen LogP contribution >= 0.6 is 0 Å². The largest absolute Gasteiger partial charge is 0.497 e. The topological polar surface area (TPSA) is 38.8 Å². The highest BCUT2D eigenvalue weighted by atomic mass is 16.5. The van der Waals surface area contributed by atoms with Crippen molar-refractivity contribution in [3.63, 3.8) is 0 Å². The molecule has 3 rings (SSSR count). The molecular weight excluding hydrogens is 302 g/mol. The first-order chi connectivity index (χ1) is 11.7. The molecule has 0 N–H and O–H groups in total. The number of amides is 1. The Morgan fingerprint density at radius 3 is 2.25 bits per heavy atom.